The highest BCUT2D eigenvalue weighted by molar-refractivity contribution is 8.00. The number of fused-ring (bicyclic) bond motifs is 2. The predicted molar refractivity (Wildman–Crippen MR) is 99.6 cm³/mol. The van der Waals surface area contributed by atoms with Gasteiger partial charge in [-0.15, -0.1) is 0 Å². The van der Waals surface area contributed by atoms with Gasteiger partial charge in [0.15, 0.2) is 11.5 Å². The maximum Gasteiger partial charge on any atom is 0.325 e. The number of ether oxygens (including phenoxy) is 2. The molecule has 1 aromatic carbocycles. The van der Waals surface area contributed by atoms with Gasteiger partial charge >= 0.3 is 5.69 Å². The minimum Gasteiger partial charge on any atom is -0.454 e. The monoisotopic (exact) mass is 397 g/mol. The zero-order valence-corrected chi connectivity index (χ0v) is 14.9. The normalized spacial score (nSPS) is 12.0. The largest absolute Gasteiger partial charge is 0.454 e. The first-order valence-electron chi connectivity index (χ1n) is 7.92. The molecular formula is C17H11N5O5S. The van der Waals surface area contributed by atoms with Crippen LogP contribution in [0.1, 0.15) is 5.56 Å². The number of hydrogen-bond acceptors (Lipinski definition) is 8. The minimum absolute atomic E-state index is 0.0788. The second-order valence-corrected chi connectivity index (χ2v) is 6.64. The molecule has 3 N–H and O–H groups in total. The van der Waals surface area contributed by atoms with Gasteiger partial charge in [-0.3, -0.25) is 14.6 Å². The van der Waals surface area contributed by atoms with Crippen LogP contribution in [0, 0.1) is 11.3 Å². The number of benzene rings is 1. The fraction of sp³-hybridized carbons (Fsp3) is 0.118. The fourth-order valence-corrected chi connectivity index (χ4v) is 3.32. The van der Waals surface area contributed by atoms with Crippen molar-refractivity contribution in [1.82, 2.24) is 15.0 Å². The zero-order valence-electron chi connectivity index (χ0n) is 14.1. The summed E-state index contributed by atoms with van der Waals surface area (Å²) in [6, 6.07) is 7.18. The van der Waals surface area contributed by atoms with Crippen molar-refractivity contribution in [2.45, 2.75) is 5.03 Å². The molecule has 0 fully saturated rings. The molecule has 0 spiro atoms. The zero-order chi connectivity index (χ0) is 19.7. The Kier molecular flexibility index (Phi) is 4.46. The van der Waals surface area contributed by atoms with E-state index in [0.717, 1.165) is 23.3 Å². The molecule has 3 aromatic rings. The molecule has 0 saturated carbocycles. The lowest BCUT2D eigenvalue weighted by atomic mass is 10.1. The van der Waals surface area contributed by atoms with Gasteiger partial charge in [0.25, 0.3) is 5.56 Å². The van der Waals surface area contributed by atoms with Crippen LogP contribution in [0.5, 0.6) is 11.5 Å². The van der Waals surface area contributed by atoms with E-state index in [-0.39, 0.29) is 18.2 Å². The van der Waals surface area contributed by atoms with E-state index < -0.39 is 17.2 Å². The molecule has 0 saturated heterocycles. The van der Waals surface area contributed by atoms with E-state index in [1.807, 2.05) is 4.98 Å². The maximum absolute atomic E-state index is 12.1. The number of aromatic nitrogens is 3. The minimum atomic E-state index is -0.709. The molecule has 4 rings (SSSR count). The summed E-state index contributed by atoms with van der Waals surface area (Å²) < 4.78 is 10.7. The maximum atomic E-state index is 12.1. The lowest BCUT2D eigenvalue weighted by Crippen LogP contribution is -2.27. The van der Waals surface area contributed by atoms with E-state index in [1.165, 1.54) is 0 Å². The van der Waals surface area contributed by atoms with Crippen molar-refractivity contribution >= 4 is 34.3 Å². The quantitative estimate of drug-likeness (QED) is 0.551. The summed E-state index contributed by atoms with van der Waals surface area (Å²) in [5, 5.41) is 12.9. The molecule has 1 aliphatic heterocycles. The molecular weight excluding hydrogens is 386 g/mol. The van der Waals surface area contributed by atoms with Crippen LogP contribution in [0.4, 0.5) is 5.69 Å². The van der Waals surface area contributed by atoms with Crippen LogP contribution in [-0.4, -0.2) is 33.4 Å². The molecule has 0 atom stereocenters. The number of amides is 1. The molecule has 2 aromatic heterocycles. The smallest absolute Gasteiger partial charge is 0.325 e. The van der Waals surface area contributed by atoms with Crippen molar-refractivity contribution in [3.8, 4) is 17.6 Å². The fourth-order valence-electron chi connectivity index (χ4n) is 2.56. The SMILES string of the molecule is N#Cc1cc2cc3c(cc2nc1SCC(=O)Nc1c[nH]c(=O)[nH]c1=O)OCO3. The molecule has 11 heteroatoms. The van der Waals surface area contributed by atoms with Crippen molar-refractivity contribution in [3.63, 3.8) is 0 Å². The highest BCUT2D eigenvalue weighted by Crippen LogP contribution is 2.36. The number of carbonyl (C=O) groups is 1. The highest BCUT2D eigenvalue weighted by atomic mass is 32.2. The number of H-pyrrole nitrogens is 2. The van der Waals surface area contributed by atoms with E-state index in [4.69, 9.17) is 9.47 Å². The van der Waals surface area contributed by atoms with Crippen LogP contribution >= 0.6 is 11.8 Å². The van der Waals surface area contributed by atoms with Gasteiger partial charge in [0, 0.05) is 17.6 Å². The van der Waals surface area contributed by atoms with Gasteiger partial charge in [-0.05, 0) is 12.1 Å². The summed E-state index contributed by atoms with van der Waals surface area (Å²) >= 11 is 1.05. The number of nitrogens with zero attached hydrogens (tertiary/aromatic N) is 2. The molecule has 0 unspecified atom stereocenters. The Morgan fingerprint density at radius 3 is 2.82 bits per heavy atom. The van der Waals surface area contributed by atoms with Crippen molar-refractivity contribution in [2.75, 3.05) is 17.9 Å². The average Bonchev–Trinajstić information content (AvgIpc) is 3.13. The first-order valence-corrected chi connectivity index (χ1v) is 8.91. The Labute approximate surface area is 160 Å². The lowest BCUT2D eigenvalue weighted by molar-refractivity contribution is -0.113. The van der Waals surface area contributed by atoms with Crippen molar-refractivity contribution < 1.29 is 14.3 Å². The third kappa shape index (κ3) is 3.40. The van der Waals surface area contributed by atoms with E-state index in [1.54, 1.807) is 18.2 Å². The molecule has 1 amide bonds. The topological polar surface area (TPSA) is 150 Å². The summed E-state index contributed by atoms with van der Waals surface area (Å²) in [6.45, 7) is 0.127. The van der Waals surface area contributed by atoms with Gasteiger partial charge in [0.2, 0.25) is 12.7 Å². The number of pyridine rings is 1. The van der Waals surface area contributed by atoms with Crippen LogP contribution in [-0.2, 0) is 4.79 Å². The molecule has 0 bridgehead atoms. The number of carbonyl (C=O) groups excluding carboxylic acids is 1. The first-order chi connectivity index (χ1) is 13.5. The summed E-state index contributed by atoms with van der Waals surface area (Å²) in [4.78, 5) is 43.5. The third-order valence-corrected chi connectivity index (χ3v) is 4.82. The average molecular weight is 397 g/mol. The van der Waals surface area contributed by atoms with Crippen LogP contribution in [0.15, 0.2) is 39.0 Å². The lowest BCUT2D eigenvalue weighted by Gasteiger charge is -2.07. The Balaban J connectivity index is 1.54. The summed E-state index contributed by atoms with van der Waals surface area (Å²) in [7, 11) is 0. The summed E-state index contributed by atoms with van der Waals surface area (Å²) in [5.41, 5.74) is -0.545. The standard InChI is InChI=1S/C17H11N5O5S/c18-4-9-1-8-2-12-13(27-7-26-12)3-10(8)21-16(9)28-6-14(23)20-11-5-19-17(25)22-15(11)24/h1-3,5H,6-7H2,(H,20,23)(H2,19,22,24,25). The summed E-state index contributed by atoms with van der Waals surface area (Å²) in [5.74, 6) is 0.579. The first kappa shape index (κ1) is 17.6. The van der Waals surface area contributed by atoms with Gasteiger partial charge in [0.1, 0.15) is 16.8 Å². The van der Waals surface area contributed by atoms with E-state index in [0.29, 0.717) is 27.6 Å². The number of rotatable bonds is 4. The van der Waals surface area contributed by atoms with Crippen molar-refractivity contribution in [3.05, 3.63) is 50.8 Å². The van der Waals surface area contributed by atoms with Gasteiger partial charge in [-0.2, -0.15) is 5.26 Å². The number of nitrogens with one attached hydrogen (secondary N) is 3. The van der Waals surface area contributed by atoms with E-state index >= 15 is 0 Å². The molecule has 3 heterocycles. The van der Waals surface area contributed by atoms with Gasteiger partial charge in [-0.25, -0.2) is 9.78 Å². The Morgan fingerprint density at radius 2 is 2.07 bits per heavy atom. The van der Waals surface area contributed by atoms with Gasteiger partial charge < -0.3 is 19.8 Å². The molecule has 28 heavy (non-hydrogen) atoms. The second kappa shape index (κ2) is 7.09. The van der Waals surface area contributed by atoms with Crippen LogP contribution in [0.25, 0.3) is 10.9 Å². The highest BCUT2D eigenvalue weighted by Gasteiger charge is 2.17. The number of nitriles is 1. The predicted octanol–water partition coefficient (Wildman–Crippen LogP) is 0.943. The van der Waals surface area contributed by atoms with Crippen LogP contribution in [0.3, 0.4) is 0 Å². The third-order valence-electron chi connectivity index (χ3n) is 3.83. The van der Waals surface area contributed by atoms with E-state index in [2.05, 4.69) is 21.4 Å². The van der Waals surface area contributed by atoms with Crippen LogP contribution in [0.2, 0.25) is 0 Å². The molecule has 0 aliphatic carbocycles. The number of aromatic amines is 2. The molecule has 1 aliphatic rings. The van der Waals surface area contributed by atoms with Crippen molar-refractivity contribution in [1.29, 1.82) is 5.26 Å². The van der Waals surface area contributed by atoms with Crippen LogP contribution < -0.4 is 26.0 Å². The summed E-state index contributed by atoms with van der Waals surface area (Å²) in [6.07, 6.45) is 1.11. The molecule has 0 radical (unpaired) electrons. The van der Waals surface area contributed by atoms with E-state index in [9.17, 15) is 19.6 Å². The number of anilines is 1. The Bertz CT molecular complexity index is 1260. The molecule has 10 nitrogen and oxygen atoms in total. The number of thioether (sulfide) groups is 1. The van der Waals surface area contributed by atoms with Gasteiger partial charge in [0.05, 0.1) is 16.8 Å². The van der Waals surface area contributed by atoms with Crippen molar-refractivity contribution in [2.24, 2.45) is 0 Å². The second-order valence-electron chi connectivity index (χ2n) is 5.67. The Hall–Kier alpha value is -3.78. The number of hydrogen-bond donors (Lipinski definition) is 3. The van der Waals surface area contributed by atoms with Gasteiger partial charge in [-0.1, -0.05) is 11.8 Å². The Morgan fingerprint density at radius 1 is 1.29 bits per heavy atom. The molecule has 140 valence electrons.